The molecule has 84 valence electrons. The summed E-state index contributed by atoms with van der Waals surface area (Å²) in [4.78, 5) is 5.95. The zero-order chi connectivity index (χ0) is 11.9. The van der Waals surface area contributed by atoms with Crippen LogP contribution in [0.1, 0.15) is 5.69 Å². The van der Waals surface area contributed by atoms with E-state index < -0.39 is 28.9 Å². The third kappa shape index (κ3) is 2.25. The van der Waals surface area contributed by atoms with E-state index in [-0.39, 0.29) is 0 Å². The molecule has 0 aliphatic carbocycles. The van der Waals surface area contributed by atoms with Gasteiger partial charge in [-0.2, -0.15) is 22.0 Å². The van der Waals surface area contributed by atoms with E-state index in [1.807, 2.05) is 0 Å². The maximum Gasteiger partial charge on any atom is 0.459 e. The van der Waals surface area contributed by atoms with Crippen LogP contribution < -0.4 is 5.73 Å². The second-order valence-electron chi connectivity index (χ2n) is 2.51. The topological polar surface area (TPSA) is 51.8 Å². The number of hydrogen-bond acceptors (Lipinski definition) is 3. The predicted molar refractivity (Wildman–Crippen MR) is 41.4 cm³/mol. The summed E-state index contributed by atoms with van der Waals surface area (Å²) in [5.41, 5.74) is 3.32. The van der Waals surface area contributed by atoms with Gasteiger partial charge in [-0.05, 0) is 0 Å². The predicted octanol–water partition coefficient (Wildman–Crippen LogP) is 2.37. The van der Waals surface area contributed by atoms with Crippen molar-refractivity contribution in [3.63, 3.8) is 0 Å². The van der Waals surface area contributed by atoms with Gasteiger partial charge in [0.1, 0.15) is 10.8 Å². The van der Waals surface area contributed by atoms with Gasteiger partial charge in [-0.25, -0.2) is 9.97 Å². The van der Waals surface area contributed by atoms with Gasteiger partial charge in [0.05, 0.1) is 0 Å². The van der Waals surface area contributed by atoms with Gasteiger partial charge in [0.2, 0.25) is 5.95 Å². The average molecular weight is 248 g/mol. The zero-order valence-electron chi connectivity index (χ0n) is 6.82. The average Bonchev–Trinajstić information content (AvgIpc) is 1.99. The summed E-state index contributed by atoms with van der Waals surface area (Å²) in [6.07, 6.45) is -5.75. The Morgan fingerprint density at radius 3 is 2.07 bits per heavy atom. The van der Waals surface area contributed by atoms with Gasteiger partial charge >= 0.3 is 12.1 Å². The van der Waals surface area contributed by atoms with Crippen molar-refractivity contribution in [2.75, 3.05) is 5.73 Å². The molecule has 0 unspecified atom stereocenters. The molecule has 0 aliphatic rings. The zero-order valence-corrected chi connectivity index (χ0v) is 7.57. The first-order chi connectivity index (χ1) is 6.64. The van der Waals surface area contributed by atoms with Crippen LogP contribution in [0.4, 0.5) is 27.9 Å². The van der Waals surface area contributed by atoms with Gasteiger partial charge in [-0.1, -0.05) is 11.6 Å². The molecule has 0 saturated heterocycles. The Labute approximate surface area is 85.1 Å². The molecule has 0 aliphatic heterocycles. The number of halogens is 6. The summed E-state index contributed by atoms with van der Waals surface area (Å²) < 4.78 is 61.1. The lowest BCUT2D eigenvalue weighted by molar-refractivity contribution is -0.290. The highest BCUT2D eigenvalue weighted by atomic mass is 35.5. The molecule has 0 fully saturated rings. The van der Waals surface area contributed by atoms with Crippen LogP contribution in [0.5, 0.6) is 0 Å². The number of nitrogen functional groups attached to an aromatic ring is 1. The minimum absolute atomic E-state index is 0.311. The minimum Gasteiger partial charge on any atom is -0.368 e. The van der Waals surface area contributed by atoms with Crippen LogP contribution in [0.25, 0.3) is 0 Å². The van der Waals surface area contributed by atoms with E-state index in [4.69, 9.17) is 17.3 Å². The van der Waals surface area contributed by atoms with Crippen LogP contribution in [0.15, 0.2) is 6.07 Å². The smallest absolute Gasteiger partial charge is 0.368 e. The van der Waals surface area contributed by atoms with E-state index in [0.717, 1.165) is 0 Å². The summed E-state index contributed by atoms with van der Waals surface area (Å²) in [5, 5.41) is -0.582. The van der Waals surface area contributed by atoms with Gasteiger partial charge in [0.25, 0.3) is 0 Å². The van der Waals surface area contributed by atoms with Crippen molar-refractivity contribution in [3.8, 4) is 0 Å². The van der Waals surface area contributed by atoms with Crippen LogP contribution in [0.3, 0.4) is 0 Å². The molecule has 9 heteroatoms. The monoisotopic (exact) mass is 247 g/mol. The highest BCUT2D eigenvalue weighted by molar-refractivity contribution is 6.29. The lowest BCUT2D eigenvalue weighted by Crippen LogP contribution is -2.34. The van der Waals surface area contributed by atoms with Crippen molar-refractivity contribution in [3.05, 3.63) is 16.9 Å². The fraction of sp³-hybridized carbons (Fsp3) is 0.333. The maximum atomic E-state index is 12.7. The number of anilines is 1. The summed E-state index contributed by atoms with van der Waals surface area (Å²) >= 11 is 5.17. The SMILES string of the molecule is Nc1nc(Cl)cc(C(F)(F)C(F)(F)F)n1. The third-order valence-corrected chi connectivity index (χ3v) is 1.58. The number of rotatable bonds is 1. The second kappa shape index (κ2) is 3.44. The van der Waals surface area contributed by atoms with E-state index in [0.29, 0.717) is 6.07 Å². The summed E-state index contributed by atoms with van der Waals surface area (Å²) in [6.45, 7) is 0. The Morgan fingerprint density at radius 1 is 1.13 bits per heavy atom. The summed E-state index contributed by atoms with van der Waals surface area (Å²) in [7, 11) is 0. The Balaban J connectivity index is 3.27. The van der Waals surface area contributed by atoms with Gasteiger partial charge in [0.15, 0.2) is 0 Å². The first-order valence-corrected chi connectivity index (χ1v) is 3.77. The highest BCUT2D eigenvalue weighted by Crippen LogP contribution is 2.43. The Bertz CT molecular complexity index is 357. The molecular formula is C6H3ClF5N3. The molecule has 2 N–H and O–H groups in total. The fourth-order valence-electron chi connectivity index (χ4n) is 0.741. The number of aromatic nitrogens is 2. The summed E-state index contributed by atoms with van der Waals surface area (Å²) in [5.74, 6) is -5.85. The van der Waals surface area contributed by atoms with Gasteiger partial charge in [0, 0.05) is 6.07 Å². The van der Waals surface area contributed by atoms with E-state index in [1.54, 1.807) is 0 Å². The van der Waals surface area contributed by atoms with Crippen LogP contribution in [-0.2, 0) is 5.92 Å². The van der Waals surface area contributed by atoms with E-state index in [2.05, 4.69) is 9.97 Å². The molecule has 15 heavy (non-hydrogen) atoms. The standard InChI is InChI=1S/C6H3ClF5N3/c7-3-1-2(14-4(13)15-3)5(8,9)6(10,11)12/h1H,(H2,13,14,15). The molecule has 1 rings (SSSR count). The van der Waals surface area contributed by atoms with E-state index >= 15 is 0 Å². The molecule has 1 aromatic heterocycles. The van der Waals surface area contributed by atoms with Crippen molar-refractivity contribution in [1.82, 2.24) is 9.97 Å². The molecule has 0 atom stereocenters. The van der Waals surface area contributed by atoms with Gasteiger partial charge in [-0.15, -0.1) is 0 Å². The van der Waals surface area contributed by atoms with Crippen molar-refractivity contribution in [2.45, 2.75) is 12.1 Å². The maximum absolute atomic E-state index is 12.7. The lowest BCUT2D eigenvalue weighted by Gasteiger charge is -2.18. The summed E-state index contributed by atoms with van der Waals surface area (Å²) in [6, 6.07) is 0.311. The first kappa shape index (κ1) is 11.9. The number of alkyl halides is 5. The van der Waals surface area contributed by atoms with Crippen molar-refractivity contribution >= 4 is 17.5 Å². The molecule has 1 heterocycles. The number of nitrogens with two attached hydrogens (primary N) is 1. The number of nitrogens with zero attached hydrogens (tertiary/aromatic N) is 2. The first-order valence-electron chi connectivity index (χ1n) is 3.39. The molecule has 0 saturated carbocycles. The Kier molecular flexibility index (Phi) is 2.73. The molecule has 0 aromatic carbocycles. The molecule has 3 nitrogen and oxygen atoms in total. The quantitative estimate of drug-likeness (QED) is 0.612. The molecule has 0 bridgehead atoms. The van der Waals surface area contributed by atoms with Crippen LogP contribution >= 0.6 is 11.6 Å². The second-order valence-corrected chi connectivity index (χ2v) is 2.89. The van der Waals surface area contributed by atoms with E-state index in [1.165, 1.54) is 0 Å². The molecule has 0 amide bonds. The van der Waals surface area contributed by atoms with Crippen molar-refractivity contribution in [2.24, 2.45) is 0 Å². The van der Waals surface area contributed by atoms with Crippen LogP contribution in [0, 0.1) is 0 Å². The molecule has 1 aromatic rings. The van der Waals surface area contributed by atoms with Crippen molar-refractivity contribution < 1.29 is 22.0 Å². The lowest BCUT2D eigenvalue weighted by atomic mass is 10.2. The Morgan fingerprint density at radius 2 is 1.67 bits per heavy atom. The molecule has 0 radical (unpaired) electrons. The number of hydrogen-bond donors (Lipinski definition) is 1. The van der Waals surface area contributed by atoms with E-state index in [9.17, 15) is 22.0 Å². The largest absolute Gasteiger partial charge is 0.459 e. The van der Waals surface area contributed by atoms with Crippen LogP contribution in [0.2, 0.25) is 5.15 Å². The fourth-order valence-corrected chi connectivity index (χ4v) is 0.931. The third-order valence-electron chi connectivity index (χ3n) is 1.39. The molecular weight excluding hydrogens is 245 g/mol. The molecule has 0 spiro atoms. The Hall–Kier alpha value is -1.18. The van der Waals surface area contributed by atoms with Gasteiger partial charge in [-0.3, -0.25) is 0 Å². The minimum atomic E-state index is -5.75. The van der Waals surface area contributed by atoms with Crippen molar-refractivity contribution in [1.29, 1.82) is 0 Å². The highest BCUT2D eigenvalue weighted by Gasteiger charge is 2.60. The van der Waals surface area contributed by atoms with Crippen LogP contribution in [-0.4, -0.2) is 16.1 Å². The normalized spacial score (nSPS) is 12.9. The van der Waals surface area contributed by atoms with Gasteiger partial charge < -0.3 is 5.73 Å².